The quantitative estimate of drug-likeness (QED) is 0.270. The van der Waals surface area contributed by atoms with Gasteiger partial charge >= 0.3 is 0 Å². The number of tetrazole rings is 1. The molecule has 5 aromatic rings. The van der Waals surface area contributed by atoms with Gasteiger partial charge in [-0.3, -0.25) is 0 Å². The number of aryl methyl sites for hydroxylation is 5. The average Bonchev–Trinajstić information content (AvgIpc) is 3.49. The molecule has 0 bridgehead atoms. The number of nitrogens with one attached hydrogen (secondary N) is 1. The van der Waals surface area contributed by atoms with E-state index in [4.69, 9.17) is 9.97 Å². The second-order valence-corrected chi connectivity index (χ2v) is 9.29. The largest absolute Gasteiger partial charge is 0.329 e. The number of rotatable bonds is 9. The summed E-state index contributed by atoms with van der Waals surface area (Å²) in [4.78, 5) is 10.4. The molecule has 0 aliphatic carbocycles. The Balaban J connectivity index is 1.41. The Kier molecular flexibility index (Phi) is 6.66. The van der Waals surface area contributed by atoms with Crippen LogP contribution in [0.15, 0.2) is 54.6 Å². The Bertz CT molecular complexity index is 1400. The zero-order valence-electron chi connectivity index (χ0n) is 20.6. The molecule has 0 fully saturated rings. The van der Waals surface area contributed by atoms with Crippen LogP contribution in [0.3, 0.4) is 0 Å². The van der Waals surface area contributed by atoms with Gasteiger partial charge in [0.1, 0.15) is 5.52 Å². The summed E-state index contributed by atoms with van der Waals surface area (Å²) in [6.45, 7) is 7.30. The summed E-state index contributed by atoms with van der Waals surface area (Å²) in [5, 5.41) is 14.2. The maximum absolute atomic E-state index is 5.22. The van der Waals surface area contributed by atoms with E-state index in [-0.39, 0.29) is 0 Å². The zero-order chi connectivity index (χ0) is 24.2. The minimum atomic E-state index is 0.792. The molecule has 0 aliphatic rings. The predicted octanol–water partition coefficient (Wildman–Crippen LogP) is 6.01. The minimum Gasteiger partial charge on any atom is -0.329 e. The molecule has 0 unspecified atom stereocenters. The Labute approximate surface area is 205 Å². The number of benzene rings is 2. The lowest BCUT2D eigenvalue weighted by atomic mass is 10.0. The van der Waals surface area contributed by atoms with Crippen molar-refractivity contribution in [3.63, 3.8) is 0 Å². The fraction of sp³-hybridized carbons (Fsp3) is 0.321. The van der Waals surface area contributed by atoms with Gasteiger partial charge in [-0.15, -0.1) is 10.2 Å². The molecule has 0 amide bonds. The van der Waals surface area contributed by atoms with E-state index in [0.717, 1.165) is 78.2 Å². The molecule has 0 radical (unpaired) electrons. The molecule has 1 N–H and O–H groups in total. The number of nitrogens with zero attached hydrogens (tertiary/aromatic N) is 6. The highest BCUT2D eigenvalue weighted by molar-refractivity contribution is 5.85. The summed E-state index contributed by atoms with van der Waals surface area (Å²) < 4.78 is 2.32. The Morgan fingerprint density at radius 1 is 0.743 bits per heavy atom. The highest BCUT2D eigenvalue weighted by Crippen LogP contribution is 2.32. The maximum atomic E-state index is 5.22. The number of aromatic nitrogens is 7. The number of hydrogen-bond donors (Lipinski definition) is 1. The summed E-state index contributed by atoms with van der Waals surface area (Å²) in [6, 6.07) is 19.3. The van der Waals surface area contributed by atoms with Gasteiger partial charge in [-0.1, -0.05) is 77.7 Å². The number of fused-ring (bicyclic) bond motifs is 1. The van der Waals surface area contributed by atoms with Crippen LogP contribution in [0.25, 0.3) is 33.7 Å². The van der Waals surface area contributed by atoms with Gasteiger partial charge in [0, 0.05) is 29.8 Å². The van der Waals surface area contributed by atoms with Crippen LogP contribution >= 0.6 is 0 Å². The van der Waals surface area contributed by atoms with Crippen LogP contribution in [0, 0.1) is 20.8 Å². The van der Waals surface area contributed by atoms with Crippen LogP contribution in [0.5, 0.6) is 0 Å². The molecule has 0 spiro atoms. The van der Waals surface area contributed by atoms with Gasteiger partial charge in [-0.25, -0.2) is 9.97 Å². The Morgan fingerprint density at radius 3 is 2.00 bits per heavy atom. The first-order chi connectivity index (χ1) is 17.1. The highest BCUT2D eigenvalue weighted by atomic mass is 15.5. The average molecular weight is 466 g/mol. The smallest absolute Gasteiger partial charge is 0.174 e. The van der Waals surface area contributed by atoms with Crippen LogP contribution in [-0.2, 0) is 13.0 Å². The third kappa shape index (κ3) is 5.14. The predicted molar refractivity (Wildman–Crippen MR) is 139 cm³/mol. The van der Waals surface area contributed by atoms with Gasteiger partial charge < -0.3 is 4.57 Å². The van der Waals surface area contributed by atoms with Gasteiger partial charge in [-0.05, 0) is 39.7 Å². The first kappa shape index (κ1) is 22.9. The van der Waals surface area contributed by atoms with E-state index in [1.165, 1.54) is 16.8 Å². The van der Waals surface area contributed by atoms with Crippen molar-refractivity contribution in [2.45, 2.75) is 59.4 Å². The SMILES string of the molecule is Cc1ccc(-c2nc3cc(C)n(CCCCCCc4nn[nH]n4)c3nc2-c2ccc(C)cc2)cc1. The number of hydrogen-bond acceptors (Lipinski definition) is 5. The van der Waals surface area contributed by atoms with Crippen LogP contribution in [0.1, 0.15) is 48.3 Å². The Morgan fingerprint density at radius 2 is 1.37 bits per heavy atom. The fourth-order valence-electron chi connectivity index (χ4n) is 4.48. The summed E-state index contributed by atoms with van der Waals surface area (Å²) in [5.41, 5.74) is 9.62. The summed E-state index contributed by atoms with van der Waals surface area (Å²) in [7, 11) is 0. The molecule has 3 heterocycles. The van der Waals surface area contributed by atoms with Gasteiger partial charge in [-0.2, -0.15) is 5.21 Å². The number of unbranched alkanes of at least 4 members (excludes halogenated alkanes) is 3. The molecule has 35 heavy (non-hydrogen) atoms. The van der Waals surface area contributed by atoms with E-state index in [2.05, 4.69) is 101 Å². The lowest BCUT2D eigenvalue weighted by molar-refractivity contribution is 0.569. The molecule has 7 nitrogen and oxygen atoms in total. The number of aromatic amines is 1. The molecule has 5 rings (SSSR count). The molecule has 0 saturated heterocycles. The van der Waals surface area contributed by atoms with E-state index >= 15 is 0 Å². The molecule has 7 heteroatoms. The monoisotopic (exact) mass is 465 g/mol. The molecule has 3 aromatic heterocycles. The third-order valence-electron chi connectivity index (χ3n) is 6.50. The van der Waals surface area contributed by atoms with Crippen molar-refractivity contribution in [3.05, 3.63) is 77.2 Å². The van der Waals surface area contributed by atoms with Crippen molar-refractivity contribution < 1.29 is 0 Å². The van der Waals surface area contributed by atoms with Crippen molar-refractivity contribution in [3.8, 4) is 22.5 Å². The van der Waals surface area contributed by atoms with Gasteiger partial charge in [0.15, 0.2) is 11.5 Å². The standard InChI is InChI=1S/C28H31N7/c1-19-9-13-22(14-10-19)26-27(23-15-11-20(2)12-16-23)30-28-24(29-26)18-21(3)35(28)17-7-5-4-6-8-25-31-33-34-32-25/h9-16,18H,4-8,17H2,1-3H3,(H,31,32,33,34). The van der Waals surface area contributed by atoms with Gasteiger partial charge in [0.2, 0.25) is 0 Å². The van der Waals surface area contributed by atoms with Crippen LogP contribution in [0.2, 0.25) is 0 Å². The molecular weight excluding hydrogens is 434 g/mol. The van der Waals surface area contributed by atoms with Crippen LogP contribution in [-0.4, -0.2) is 35.2 Å². The molecule has 0 atom stereocenters. The zero-order valence-corrected chi connectivity index (χ0v) is 20.6. The number of H-pyrrole nitrogens is 1. The maximum Gasteiger partial charge on any atom is 0.174 e. The normalized spacial score (nSPS) is 11.4. The van der Waals surface area contributed by atoms with Crippen molar-refractivity contribution in [1.82, 2.24) is 35.2 Å². The van der Waals surface area contributed by atoms with Gasteiger partial charge in [0.25, 0.3) is 0 Å². The van der Waals surface area contributed by atoms with E-state index in [1.54, 1.807) is 0 Å². The van der Waals surface area contributed by atoms with Gasteiger partial charge in [0.05, 0.1) is 11.4 Å². The first-order valence-corrected chi connectivity index (χ1v) is 12.3. The molecular formula is C28H31N7. The molecule has 0 saturated carbocycles. The Hall–Kier alpha value is -3.87. The second kappa shape index (κ2) is 10.2. The van der Waals surface area contributed by atoms with Crippen LogP contribution in [0.4, 0.5) is 0 Å². The van der Waals surface area contributed by atoms with Crippen molar-refractivity contribution >= 4 is 11.2 Å². The van der Waals surface area contributed by atoms with E-state index in [9.17, 15) is 0 Å². The van der Waals surface area contributed by atoms with Crippen molar-refractivity contribution in [2.24, 2.45) is 0 Å². The second-order valence-electron chi connectivity index (χ2n) is 9.29. The molecule has 2 aromatic carbocycles. The minimum absolute atomic E-state index is 0.792. The topological polar surface area (TPSA) is 85.2 Å². The fourth-order valence-corrected chi connectivity index (χ4v) is 4.48. The summed E-state index contributed by atoms with van der Waals surface area (Å²) >= 11 is 0. The van der Waals surface area contributed by atoms with Crippen molar-refractivity contribution in [2.75, 3.05) is 0 Å². The lowest BCUT2D eigenvalue weighted by Crippen LogP contribution is -2.03. The van der Waals surface area contributed by atoms with Crippen molar-refractivity contribution in [1.29, 1.82) is 0 Å². The molecule has 0 aliphatic heterocycles. The van der Waals surface area contributed by atoms with Crippen LogP contribution < -0.4 is 0 Å². The highest BCUT2D eigenvalue weighted by Gasteiger charge is 2.17. The lowest BCUT2D eigenvalue weighted by Gasteiger charge is -2.12. The molecule has 178 valence electrons. The van der Waals surface area contributed by atoms with E-state index < -0.39 is 0 Å². The first-order valence-electron chi connectivity index (χ1n) is 12.3. The summed E-state index contributed by atoms with van der Waals surface area (Å²) in [5.74, 6) is 0.792. The summed E-state index contributed by atoms with van der Waals surface area (Å²) in [6.07, 6.45) is 5.33. The third-order valence-corrected chi connectivity index (χ3v) is 6.50. The van der Waals surface area contributed by atoms with E-state index in [0.29, 0.717) is 0 Å². The van der Waals surface area contributed by atoms with E-state index in [1.807, 2.05) is 0 Å².